The van der Waals surface area contributed by atoms with Gasteiger partial charge in [-0.1, -0.05) is 5.21 Å². The molecule has 0 amide bonds. The van der Waals surface area contributed by atoms with Gasteiger partial charge in [-0.05, 0) is 18.2 Å². The number of carbonyl (C=O) groups is 2. The Labute approximate surface area is 125 Å². The van der Waals surface area contributed by atoms with Crippen LogP contribution in [0.1, 0.15) is 13.8 Å². The molecule has 1 fully saturated rings. The van der Waals surface area contributed by atoms with Gasteiger partial charge in [-0.25, -0.2) is 14.3 Å². The predicted octanol–water partition coefficient (Wildman–Crippen LogP) is 1.10. The largest absolute Gasteiger partial charge is 0.419 e. The van der Waals surface area contributed by atoms with E-state index in [9.17, 15) is 9.59 Å². The van der Waals surface area contributed by atoms with Crippen LogP contribution in [-0.4, -0.2) is 32.7 Å². The molecule has 0 saturated carbocycles. The van der Waals surface area contributed by atoms with Crippen molar-refractivity contribution in [3.63, 3.8) is 0 Å². The first-order valence-corrected chi connectivity index (χ1v) is 6.58. The fourth-order valence-corrected chi connectivity index (χ4v) is 2.06. The third-order valence-electron chi connectivity index (χ3n) is 3.11. The van der Waals surface area contributed by atoms with Crippen LogP contribution < -0.4 is 5.32 Å². The topological polar surface area (TPSA) is 95.3 Å². The van der Waals surface area contributed by atoms with E-state index in [1.54, 1.807) is 23.9 Å². The van der Waals surface area contributed by atoms with Gasteiger partial charge >= 0.3 is 11.9 Å². The van der Waals surface area contributed by atoms with Gasteiger partial charge < -0.3 is 14.8 Å². The fourth-order valence-electron chi connectivity index (χ4n) is 2.06. The van der Waals surface area contributed by atoms with Crippen LogP contribution in [0.4, 0.5) is 5.69 Å². The molecule has 8 nitrogen and oxygen atoms in total. The van der Waals surface area contributed by atoms with Gasteiger partial charge in [0.15, 0.2) is 5.57 Å². The number of hydrogen-bond acceptors (Lipinski definition) is 7. The van der Waals surface area contributed by atoms with E-state index >= 15 is 0 Å². The summed E-state index contributed by atoms with van der Waals surface area (Å²) in [6.45, 7) is 2.99. The Morgan fingerprint density at radius 2 is 1.91 bits per heavy atom. The number of aryl methyl sites for hydroxylation is 1. The van der Waals surface area contributed by atoms with Crippen LogP contribution in [0.2, 0.25) is 0 Å². The standard InChI is InChI=1S/C14H14N4O4/c1-14(2)21-12(19)9(13(20)22-14)7-15-8-4-5-11-10(6-8)16-17-18(11)3/h4-7,15H,1-3H3. The zero-order valence-corrected chi connectivity index (χ0v) is 12.3. The Morgan fingerprint density at radius 3 is 2.59 bits per heavy atom. The summed E-state index contributed by atoms with van der Waals surface area (Å²) in [7, 11) is 1.79. The number of benzene rings is 1. The second kappa shape index (κ2) is 4.83. The van der Waals surface area contributed by atoms with Crippen molar-refractivity contribution >= 4 is 28.7 Å². The Kier molecular flexibility index (Phi) is 3.09. The molecule has 0 atom stereocenters. The van der Waals surface area contributed by atoms with Gasteiger partial charge in [-0.2, -0.15) is 0 Å². The van der Waals surface area contributed by atoms with Crippen LogP contribution in [0, 0.1) is 0 Å². The number of fused-ring (bicyclic) bond motifs is 1. The quantitative estimate of drug-likeness (QED) is 0.504. The third kappa shape index (κ3) is 2.50. The summed E-state index contributed by atoms with van der Waals surface area (Å²) in [5.74, 6) is -2.70. The molecule has 1 aromatic carbocycles. The van der Waals surface area contributed by atoms with Gasteiger partial charge in [0.2, 0.25) is 0 Å². The molecule has 114 valence electrons. The molecule has 0 unspecified atom stereocenters. The molecule has 3 rings (SSSR count). The van der Waals surface area contributed by atoms with Gasteiger partial charge in [-0.3, -0.25) is 0 Å². The van der Waals surface area contributed by atoms with E-state index in [0.717, 1.165) is 5.52 Å². The molecule has 1 saturated heterocycles. The molecule has 2 aromatic rings. The number of hydrogen-bond donors (Lipinski definition) is 1. The van der Waals surface area contributed by atoms with E-state index in [1.807, 2.05) is 6.07 Å². The van der Waals surface area contributed by atoms with Crippen LogP contribution in [0.3, 0.4) is 0 Å². The van der Waals surface area contributed by atoms with Crippen LogP contribution >= 0.6 is 0 Å². The smallest absolute Gasteiger partial charge is 0.350 e. The van der Waals surface area contributed by atoms with Crippen LogP contribution in [0.5, 0.6) is 0 Å². The Hall–Kier alpha value is -2.90. The second-order valence-electron chi connectivity index (χ2n) is 5.30. The summed E-state index contributed by atoms with van der Waals surface area (Å²) < 4.78 is 11.7. The molecule has 2 heterocycles. The minimum atomic E-state index is -1.25. The van der Waals surface area contributed by atoms with Crippen LogP contribution in [0.25, 0.3) is 11.0 Å². The van der Waals surface area contributed by atoms with Crippen molar-refractivity contribution in [1.29, 1.82) is 0 Å². The lowest BCUT2D eigenvalue weighted by atomic mass is 10.2. The number of nitrogens with zero attached hydrogens (tertiary/aromatic N) is 3. The Balaban J connectivity index is 1.83. The van der Waals surface area contributed by atoms with Gasteiger partial charge in [0, 0.05) is 32.8 Å². The summed E-state index contributed by atoms with van der Waals surface area (Å²) in [6.07, 6.45) is 1.26. The van der Waals surface area contributed by atoms with Crippen molar-refractivity contribution in [1.82, 2.24) is 15.0 Å². The lowest BCUT2D eigenvalue weighted by molar-refractivity contribution is -0.222. The zero-order chi connectivity index (χ0) is 15.9. The molecule has 0 radical (unpaired) electrons. The molecule has 0 aliphatic carbocycles. The lowest BCUT2D eigenvalue weighted by Gasteiger charge is -2.29. The van der Waals surface area contributed by atoms with E-state index in [0.29, 0.717) is 11.2 Å². The monoisotopic (exact) mass is 302 g/mol. The second-order valence-corrected chi connectivity index (χ2v) is 5.30. The minimum absolute atomic E-state index is 0.196. The number of carbonyl (C=O) groups excluding carboxylic acids is 2. The number of nitrogens with one attached hydrogen (secondary N) is 1. The highest BCUT2D eigenvalue weighted by Crippen LogP contribution is 2.23. The average molecular weight is 302 g/mol. The molecule has 1 aliphatic rings. The van der Waals surface area contributed by atoms with E-state index in [1.165, 1.54) is 20.0 Å². The van der Waals surface area contributed by atoms with E-state index < -0.39 is 17.7 Å². The molecule has 22 heavy (non-hydrogen) atoms. The number of cyclic esters (lactones) is 2. The molecule has 1 aromatic heterocycles. The number of rotatable bonds is 2. The van der Waals surface area contributed by atoms with Crippen molar-refractivity contribution in [2.45, 2.75) is 19.6 Å². The van der Waals surface area contributed by atoms with Crippen LogP contribution in [-0.2, 0) is 26.1 Å². The normalized spacial score (nSPS) is 17.1. The first-order chi connectivity index (χ1) is 10.4. The predicted molar refractivity (Wildman–Crippen MR) is 76.5 cm³/mol. The highest BCUT2D eigenvalue weighted by atomic mass is 16.7. The van der Waals surface area contributed by atoms with Crippen molar-refractivity contribution in [2.24, 2.45) is 7.05 Å². The van der Waals surface area contributed by atoms with Gasteiger partial charge in [0.1, 0.15) is 5.52 Å². The van der Waals surface area contributed by atoms with Crippen molar-refractivity contribution in [3.05, 3.63) is 30.0 Å². The molecular formula is C14H14N4O4. The molecule has 1 aliphatic heterocycles. The van der Waals surface area contributed by atoms with Crippen molar-refractivity contribution in [3.8, 4) is 0 Å². The maximum Gasteiger partial charge on any atom is 0.350 e. The lowest BCUT2D eigenvalue weighted by Crippen LogP contribution is -2.42. The first kappa shape index (κ1) is 14.1. The number of ether oxygens (including phenoxy) is 2. The Morgan fingerprint density at radius 1 is 1.23 bits per heavy atom. The number of anilines is 1. The minimum Gasteiger partial charge on any atom is -0.419 e. The van der Waals surface area contributed by atoms with E-state index in [-0.39, 0.29) is 5.57 Å². The average Bonchev–Trinajstić information content (AvgIpc) is 2.78. The molecule has 8 heteroatoms. The molecule has 1 N–H and O–H groups in total. The Bertz CT molecular complexity index is 784. The summed E-state index contributed by atoms with van der Waals surface area (Å²) in [5.41, 5.74) is 2.03. The first-order valence-electron chi connectivity index (χ1n) is 6.58. The summed E-state index contributed by atoms with van der Waals surface area (Å²) in [6, 6.07) is 5.37. The van der Waals surface area contributed by atoms with Crippen molar-refractivity contribution < 1.29 is 19.1 Å². The summed E-state index contributed by atoms with van der Waals surface area (Å²) >= 11 is 0. The molecule has 0 bridgehead atoms. The van der Waals surface area contributed by atoms with Gasteiger partial charge in [0.25, 0.3) is 5.79 Å². The molecular weight excluding hydrogens is 288 g/mol. The highest BCUT2D eigenvalue weighted by molar-refractivity contribution is 6.15. The van der Waals surface area contributed by atoms with Gasteiger partial charge in [0.05, 0.1) is 5.52 Å². The van der Waals surface area contributed by atoms with Crippen LogP contribution in [0.15, 0.2) is 30.0 Å². The summed E-state index contributed by atoms with van der Waals surface area (Å²) in [4.78, 5) is 23.6. The summed E-state index contributed by atoms with van der Waals surface area (Å²) in [5, 5.41) is 10.8. The molecule has 0 spiro atoms. The maximum absolute atomic E-state index is 11.8. The van der Waals surface area contributed by atoms with E-state index in [4.69, 9.17) is 9.47 Å². The maximum atomic E-state index is 11.8. The number of esters is 2. The van der Waals surface area contributed by atoms with E-state index in [2.05, 4.69) is 15.6 Å². The SMILES string of the molecule is Cn1nnc2cc(NC=C3C(=O)OC(C)(C)OC3=O)ccc21. The third-order valence-corrected chi connectivity index (χ3v) is 3.11. The van der Waals surface area contributed by atoms with Gasteiger partial charge in [-0.15, -0.1) is 5.10 Å². The van der Waals surface area contributed by atoms with Crippen molar-refractivity contribution in [2.75, 3.05) is 5.32 Å². The fraction of sp³-hybridized carbons (Fsp3) is 0.286. The highest BCUT2D eigenvalue weighted by Gasteiger charge is 2.38. The number of aromatic nitrogens is 3. The zero-order valence-electron chi connectivity index (χ0n) is 12.3.